The van der Waals surface area contributed by atoms with Crippen LogP contribution in [0.3, 0.4) is 0 Å². The van der Waals surface area contributed by atoms with E-state index in [1.165, 1.54) is 9.80 Å². The highest BCUT2D eigenvalue weighted by Gasteiger charge is 2.11. The van der Waals surface area contributed by atoms with Crippen LogP contribution < -0.4 is 5.32 Å². The second-order valence-corrected chi connectivity index (χ2v) is 8.45. The maximum Gasteiger partial charge on any atom is 0.0816 e. The lowest BCUT2D eigenvalue weighted by molar-refractivity contribution is 1.02. The van der Waals surface area contributed by atoms with Gasteiger partial charge in [-0.25, -0.2) is 0 Å². The van der Waals surface area contributed by atoms with Crippen molar-refractivity contribution in [1.29, 1.82) is 0 Å². The Bertz CT molecular complexity index is 900. The Morgan fingerprint density at radius 3 is 2.35 bits per heavy atom. The highest BCUT2D eigenvalue weighted by Crippen LogP contribution is 2.25. The zero-order chi connectivity index (χ0) is 25.4. The molecule has 1 heterocycles. The lowest BCUT2D eigenvalue weighted by Gasteiger charge is -2.12. The fourth-order valence-electron chi connectivity index (χ4n) is 2.58. The largest absolute Gasteiger partial charge is 0.323 e. The van der Waals surface area contributed by atoms with E-state index in [0.29, 0.717) is 6.54 Å². The predicted molar refractivity (Wildman–Crippen MR) is 157 cm³/mol. The molecule has 0 radical (unpaired) electrons. The minimum absolute atomic E-state index is 0.162. The molecule has 1 aromatic carbocycles. The summed E-state index contributed by atoms with van der Waals surface area (Å²) in [6.07, 6.45) is 23.0. The van der Waals surface area contributed by atoms with Crippen molar-refractivity contribution in [3.63, 3.8) is 0 Å². The van der Waals surface area contributed by atoms with Crippen molar-refractivity contribution in [2.24, 2.45) is 15.9 Å². The third-order valence-corrected chi connectivity index (χ3v) is 4.97. The molecule has 1 aromatic rings. The van der Waals surface area contributed by atoms with Gasteiger partial charge in [0.2, 0.25) is 0 Å². The van der Waals surface area contributed by atoms with Crippen LogP contribution in [0.2, 0.25) is 0 Å². The second kappa shape index (κ2) is 21.9. The van der Waals surface area contributed by atoms with Gasteiger partial charge in [-0.05, 0) is 64.4 Å². The first-order valence-corrected chi connectivity index (χ1v) is 12.3. The summed E-state index contributed by atoms with van der Waals surface area (Å²) in [5.41, 5.74) is 1.96. The Kier molecular flexibility index (Phi) is 20.0. The van der Waals surface area contributed by atoms with Crippen molar-refractivity contribution in [3.8, 4) is 0 Å². The summed E-state index contributed by atoms with van der Waals surface area (Å²) in [5, 5.41) is 2.75. The van der Waals surface area contributed by atoms with Gasteiger partial charge in [0.15, 0.2) is 0 Å². The van der Waals surface area contributed by atoms with Gasteiger partial charge in [-0.15, -0.1) is 6.58 Å². The van der Waals surface area contributed by atoms with Crippen molar-refractivity contribution in [2.45, 2.75) is 32.1 Å². The zero-order valence-corrected chi connectivity index (χ0v) is 22.3. The van der Waals surface area contributed by atoms with Crippen LogP contribution >= 0.6 is 11.8 Å². The minimum Gasteiger partial charge on any atom is -0.323 e. The molecule has 1 aliphatic rings. The van der Waals surface area contributed by atoms with Gasteiger partial charge >= 0.3 is 0 Å². The fourth-order valence-corrected chi connectivity index (χ4v) is 3.42. The number of rotatable bonds is 9. The Labute approximate surface area is 212 Å². The van der Waals surface area contributed by atoms with Crippen molar-refractivity contribution in [1.82, 2.24) is 5.32 Å². The summed E-state index contributed by atoms with van der Waals surface area (Å²) in [5.74, 6) is 0.162. The van der Waals surface area contributed by atoms with E-state index in [1.807, 2.05) is 58.5 Å². The van der Waals surface area contributed by atoms with Gasteiger partial charge in [0.1, 0.15) is 0 Å². The van der Waals surface area contributed by atoms with Crippen LogP contribution in [0.1, 0.15) is 27.2 Å². The zero-order valence-electron chi connectivity index (χ0n) is 21.4. The molecule has 3 nitrogen and oxygen atoms in total. The molecule has 1 aliphatic heterocycles. The van der Waals surface area contributed by atoms with E-state index in [-0.39, 0.29) is 5.92 Å². The molecule has 0 bridgehead atoms. The van der Waals surface area contributed by atoms with Crippen molar-refractivity contribution < 1.29 is 0 Å². The monoisotopic (exact) mass is 475 g/mol. The molecule has 0 spiro atoms. The fraction of sp³-hybridized carbons (Fsp3) is 0.267. The Hall–Kier alpha value is -2.95. The van der Waals surface area contributed by atoms with E-state index in [9.17, 15) is 0 Å². The summed E-state index contributed by atoms with van der Waals surface area (Å²) >= 11 is 1.80. The topological polar surface area (TPSA) is 36.8 Å². The molecular formula is C30H41N3S. The van der Waals surface area contributed by atoms with E-state index >= 15 is 0 Å². The molecule has 2 rings (SSSR count). The van der Waals surface area contributed by atoms with Crippen LogP contribution in [0, 0.1) is 5.92 Å². The number of hydrogen-bond acceptors (Lipinski definition) is 4. The molecule has 4 heteroatoms. The van der Waals surface area contributed by atoms with Crippen molar-refractivity contribution in [2.75, 3.05) is 20.6 Å². The summed E-state index contributed by atoms with van der Waals surface area (Å²) in [6, 6.07) is 10.5. The highest BCUT2D eigenvalue weighted by molar-refractivity contribution is 8.03. The highest BCUT2D eigenvalue weighted by atomic mass is 32.2. The van der Waals surface area contributed by atoms with E-state index in [0.717, 1.165) is 17.8 Å². The van der Waals surface area contributed by atoms with Crippen LogP contribution in [-0.2, 0) is 0 Å². The first-order chi connectivity index (χ1) is 16.6. The summed E-state index contributed by atoms with van der Waals surface area (Å²) < 4.78 is 0. The smallest absolute Gasteiger partial charge is 0.0816 e. The Morgan fingerprint density at radius 2 is 1.79 bits per heavy atom. The number of thioether (sulfide) groups is 1. The quantitative estimate of drug-likeness (QED) is 0.223. The number of benzene rings is 1. The molecule has 1 atom stereocenters. The third kappa shape index (κ3) is 15.8. The third-order valence-electron chi connectivity index (χ3n) is 3.97. The summed E-state index contributed by atoms with van der Waals surface area (Å²) in [7, 11) is 3.75. The van der Waals surface area contributed by atoms with Gasteiger partial charge in [0, 0.05) is 17.0 Å². The van der Waals surface area contributed by atoms with Crippen LogP contribution in [0.5, 0.6) is 0 Å². The molecular weight excluding hydrogens is 434 g/mol. The number of allylic oxidation sites excluding steroid dienone is 11. The first kappa shape index (κ1) is 31.0. The number of hydrogen-bond donors (Lipinski definition) is 1. The lowest BCUT2D eigenvalue weighted by atomic mass is 10.0. The molecule has 34 heavy (non-hydrogen) atoms. The average Bonchev–Trinajstić information content (AvgIpc) is 2.83. The van der Waals surface area contributed by atoms with E-state index in [2.05, 4.69) is 85.0 Å². The lowest BCUT2D eigenvalue weighted by Crippen LogP contribution is -2.16. The molecule has 0 aromatic heterocycles. The molecule has 1 N–H and O–H groups in total. The maximum absolute atomic E-state index is 4.70. The molecule has 1 unspecified atom stereocenters. The van der Waals surface area contributed by atoms with Gasteiger partial charge in [-0.2, -0.15) is 0 Å². The molecule has 0 fully saturated rings. The van der Waals surface area contributed by atoms with Gasteiger partial charge < -0.3 is 5.32 Å². The SMILES string of the molecule is C=C/C=C\C=C1/CN=C(C(C=CC/C=C(\C)Sc2ccccc2)/C=C\C)C=N1.C=CC.CNC. The average molecular weight is 476 g/mol. The molecule has 0 amide bonds. The molecule has 182 valence electrons. The van der Waals surface area contributed by atoms with Crippen LogP contribution in [0.25, 0.3) is 0 Å². The Balaban J connectivity index is 0.00000164. The summed E-state index contributed by atoms with van der Waals surface area (Å²) in [6.45, 7) is 13.7. The van der Waals surface area contributed by atoms with E-state index in [1.54, 1.807) is 23.9 Å². The minimum atomic E-state index is 0.162. The van der Waals surface area contributed by atoms with Gasteiger partial charge in [-0.1, -0.05) is 91.2 Å². The van der Waals surface area contributed by atoms with Gasteiger partial charge in [-0.3, -0.25) is 9.98 Å². The first-order valence-electron chi connectivity index (χ1n) is 11.5. The summed E-state index contributed by atoms with van der Waals surface area (Å²) in [4.78, 5) is 11.8. The number of aliphatic imine (C=N–C) groups is 2. The van der Waals surface area contributed by atoms with E-state index in [4.69, 9.17) is 4.99 Å². The maximum atomic E-state index is 4.70. The van der Waals surface area contributed by atoms with Crippen LogP contribution in [0.4, 0.5) is 0 Å². The molecule has 0 saturated carbocycles. The number of nitrogens with one attached hydrogen (secondary N) is 1. The van der Waals surface area contributed by atoms with Gasteiger partial charge in [0.25, 0.3) is 0 Å². The molecule has 0 aliphatic carbocycles. The molecule has 0 saturated heterocycles. The number of nitrogens with zero attached hydrogens (tertiary/aromatic N) is 2. The van der Waals surface area contributed by atoms with Crippen molar-refractivity contribution >= 4 is 23.7 Å². The normalized spacial score (nSPS) is 15.5. The standard InChI is InChI=1S/C25H28N2S.C3H6.C2H7N/c1-4-6-8-16-23-19-27-25(20-26-23)22(13-5-2)15-12-11-14-21(3)28-24-17-9-7-10-18-24;2*1-3-2/h4-10,12-18,20,22H,1,11,19H2,2-3H3;3H,1H2,2H3;3H,1-2H3/b8-6-,13-5-,15-12?,21-14+,23-16+;;. The van der Waals surface area contributed by atoms with E-state index < -0.39 is 0 Å². The van der Waals surface area contributed by atoms with Crippen LogP contribution in [0.15, 0.2) is 130 Å². The van der Waals surface area contributed by atoms with Crippen LogP contribution in [-0.4, -0.2) is 32.6 Å². The predicted octanol–water partition coefficient (Wildman–Crippen LogP) is 8.00. The van der Waals surface area contributed by atoms with Crippen molar-refractivity contribution in [3.05, 3.63) is 115 Å². The Morgan fingerprint density at radius 1 is 1.12 bits per heavy atom. The van der Waals surface area contributed by atoms with Gasteiger partial charge in [0.05, 0.1) is 18.0 Å². The second-order valence-electron chi connectivity index (χ2n) is 7.13.